The van der Waals surface area contributed by atoms with E-state index in [2.05, 4.69) is 0 Å². The van der Waals surface area contributed by atoms with E-state index in [9.17, 15) is 9.59 Å². The molecule has 6 nitrogen and oxygen atoms in total. The van der Waals surface area contributed by atoms with Crippen molar-refractivity contribution in [1.29, 1.82) is 0 Å². The van der Waals surface area contributed by atoms with Gasteiger partial charge >= 0.3 is 5.97 Å². The molecule has 0 spiro atoms. The number of methoxy groups -OCH3 is 1. The summed E-state index contributed by atoms with van der Waals surface area (Å²) in [6, 6.07) is 11.5. The number of rotatable bonds is 5. The maximum atomic E-state index is 12.4. The highest BCUT2D eigenvalue weighted by molar-refractivity contribution is 6.01. The number of ether oxygens (including phenoxy) is 4. The Hall–Kier alpha value is -3.02. The molecule has 0 aliphatic carbocycles. The van der Waals surface area contributed by atoms with Gasteiger partial charge in [0.2, 0.25) is 5.78 Å². The number of carbonyl (C=O) groups is 2. The molecule has 0 N–H and O–H groups in total. The zero-order valence-corrected chi connectivity index (χ0v) is 14.7. The van der Waals surface area contributed by atoms with Crippen LogP contribution in [0.15, 0.2) is 42.5 Å². The predicted molar refractivity (Wildman–Crippen MR) is 94.3 cm³/mol. The lowest BCUT2D eigenvalue weighted by Gasteiger charge is -2.14. The van der Waals surface area contributed by atoms with Crippen molar-refractivity contribution in [2.75, 3.05) is 20.3 Å². The molecule has 6 heteroatoms. The standard InChI is InChI=1S/C20H20O6/c1-13(19(21)14-4-7-16(23-2)8-5-14)26-20(22)15-6-9-17-18(12-15)25-11-3-10-24-17/h4-9,12-13H,3,10-11H2,1-2H3/t13-/m1/s1. The molecule has 0 saturated carbocycles. The van der Waals surface area contributed by atoms with Crippen LogP contribution < -0.4 is 14.2 Å². The quantitative estimate of drug-likeness (QED) is 0.605. The molecule has 1 aliphatic heterocycles. The molecule has 2 aromatic rings. The second-order valence-corrected chi connectivity index (χ2v) is 5.85. The van der Waals surface area contributed by atoms with Crippen molar-refractivity contribution in [1.82, 2.24) is 0 Å². The number of Topliss-reactive ketones (excluding diaryl/α,β-unsaturated/α-hetero) is 1. The van der Waals surface area contributed by atoms with Gasteiger partial charge in [-0.1, -0.05) is 0 Å². The van der Waals surface area contributed by atoms with Crippen molar-refractivity contribution in [2.24, 2.45) is 0 Å². The minimum atomic E-state index is -0.910. The van der Waals surface area contributed by atoms with Gasteiger partial charge in [-0.2, -0.15) is 0 Å². The topological polar surface area (TPSA) is 71.1 Å². The third-order valence-electron chi connectivity index (χ3n) is 4.01. The molecule has 2 aromatic carbocycles. The summed E-state index contributed by atoms with van der Waals surface area (Å²) in [7, 11) is 1.55. The van der Waals surface area contributed by atoms with E-state index in [1.807, 2.05) is 0 Å². The first-order chi connectivity index (χ1) is 12.6. The third kappa shape index (κ3) is 3.96. The summed E-state index contributed by atoms with van der Waals surface area (Å²) in [5.74, 6) is 0.885. The van der Waals surface area contributed by atoms with Crippen LogP contribution in [0.1, 0.15) is 34.1 Å². The molecule has 0 amide bonds. The molecular formula is C20H20O6. The van der Waals surface area contributed by atoms with Gasteiger partial charge in [-0.25, -0.2) is 4.79 Å². The highest BCUT2D eigenvalue weighted by atomic mass is 16.5. The summed E-state index contributed by atoms with van der Waals surface area (Å²) in [5.41, 5.74) is 0.758. The van der Waals surface area contributed by atoms with Gasteiger partial charge in [-0.15, -0.1) is 0 Å². The van der Waals surface area contributed by atoms with Crippen LogP contribution in [0.4, 0.5) is 0 Å². The van der Waals surface area contributed by atoms with Gasteiger partial charge in [0.15, 0.2) is 17.6 Å². The Labute approximate surface area is 151 Å². The van der Waals surface area contributed by atoms with Crippen LogP contribution in [0.3, 0.4) is 0 Å². The summed E-state index contributed by atoms with van der Waals surface area (Å²) in [4.78, 5) is 24.8. The van der Waals surface area contributed by atoms with Gasteiger partial charge in [0.25, 0.3) is 0 Å². The van der Waals surface area contributed by atoms with Crippen molar-refractivity contribution in [2.45, 2.75) is 19.4 Å². The van der Waals surface area contributed by atoms with Gasteiger partial charge in [-0.05, 0) is 49.4 Å². The number of benzene rings is 2. The van der Waals surface area contributed by atoms with E-state index in [-0.39, 0.29) is 5.78 Å². The van der Waals surface area contributed by atoms with E-state index < -0.39 is 12.1 Å². The Morgan fingerprint density at radius 3 is 2.31 bits per heavy atom. The molecule has 0 aromatic heterocycles. The average Bonchev–Trinajstić information content (AvgIpc) is 2.92. The van der Waals surface area contributed by atoms with Crippen LogP contribution in [0.5, 0.6) is 17.2 Å². The van der Waals surface area contributed by atoms with Crippen LogP contribution in [0.25, 0.3) is 0 Å². The predicted octanol–water partition coefficient (Wildman–Crippen LogP) is 3.28. The molecule has 0 radical (unpaired) electrons. The number of carbonyl (C=O) groups excluding carboxylic acids is 2. The first-order valence-corrected chi connectivity index (χ1v) is 8.37. The normalized spacial score (nSPS) is 14.1. The molecule has 136 valence electrons. The van der Waals surface area contributed by atoms with Gasteiger partial charge in [0, 0.05) is 12.0 Å². The summed E-state index contributed by atoms with van der Waals surface area (Å²) in [6.07, 6.45) is -0.131. The molecule has 0 saturated heterocycles. The maximum absolute atomic E-state index is 12.4. The first kappa shape index (κ1) is 17.8. The number of fused-ring (bicyclic) bond motifs is 1. The molecule has 3 rings (SSSR count). The average molecular weight is 356 g/mol. The minimum absolute atomic E-state index is 0.282. The Kier molecular flexibility index (Phi) is 5.41. The van der Waals surface area contributed by atoms with Crippen molar-refractivity contribution in [3.05, 3.63) is 53.6 Å². The SMILES string of the molecule is COc1ccc(C(=O)[C@@H](C)OC(=O)c2ccc3c(c2)OCCCO3)cc1. The van der Waals surface area contributed by atoms with Gasteiger partial charge in [0.05, 0.1) is 25.9 Å². The number of hydrogen-bond donors (Lipinski definition) is 0. The Morgan fingerprint density at radius 2 is 1.62 bits per heavy atom. The van der Waals surface area contributed by atoms with E-state index in [1.54, 1.807) is 56.5 Å². The van der Waals surface area contributed by atoms with Gasteiger partial charge < -0.3 is 18.9 Å². The second kappa shape index (κ2) is 7.91. The van der Waals surface area contributed by atoms with E-state index in [0.717, 1.165) is 6.42 Å². The van der Waals surface area contributed by atoms with Crippen LogP contribution in [-0.2, 0) is 4.74 Å². The van der Waals surface area contributed by atoms with Crippen LogP contribution in [0, 0.1) is 0 Å². The van der Waals surface area contributed by atoms with Crippen molar-refractivity contribution < 1.29 is 28.5 Å². The number of hydrogen-bond acceptors (Lipinski definition) is 6. The Balaban J connectivity index is 1.68. The maximum Gasteiger partial charge on any atom is 0.338 e. The molecular weight excluding hydrogens is 336 g/mol. The summed E-state index contributed by atoms with van der Waals surface area (Å²) < 4.78 is 21.5. The second-order valence-electron chi connectivity index (χ2n) is 5.85. The fourth-order valence-electron chi connectivity index (χ4n) is 2.56. The van der Waals surface area contributed by atoms with E-state index in [4.69, 9.17) is 18.9 Å². The Bertz CT molecular complexity index is 796. The van der Waals surface area contributed by atoms with Gasteiger partial charge in [0.1, 0.15) is 5.75 Å². The van der Waals surface area contributed by atoms with Gasteiger partial charge in [-0.3, -0.25) is 4.79 Å². The minimum Gasteiger partial charge on any atom is -0.497 e. The first-order valence-electron chi connectivity index (χ1n) is 8.37. The highest BCUT2D eigenvalue weighted by Crippen LogP contribution is 2.30. The molecule has 1 heterocycles. The zero-order chi connectivity index (χ0) is 18.5. The lowest BCUT2D eigenvalue weighted by Crippen LogP contribution is -2.24. The number of esters is 1. The summed E-state index contributed by atoms with van der Waals surface area (Å²) in [6.45, 7) is 2.65. The zero-order valence-electron chi connectivity index (χ0n) is 14.7. The van der Waals surface area contributed by atoms with Crippen LogP contribution in [-0.4, -0.2) is 38.2 Å². The molecule has 26 heavy (non-hydrogen) atoms. The molecule has 1 atom stereocenters. The number of ketones is 1. The van der Waals surface area contributed by atoms with E-state index in [0.29, 0.717) is 41.6 Å². The Morgan fingerprint density at radius 1 is 0.962 bits per heavy atom. The summed E-state index contributed by atoms with van der Waals surface area (Å²) >= 11 is 0. The highest BCUT2D eigenvalue weighted by Gasteiger charge is 2.22. The summed E-state index contributed by atoms with van der Waals surface area (Å²) in [5, 5.41) is 0. The van der Waals surface area contributed by atoms with Crippen molar-refractivity contribution in [3.8, 4) is 17.2 Å². The van der Waals surface area contributed by atoms with E-state index >= 15 is 0 Å². The van der Waals surface area contributed by atoms with Crippen LogP contribution >= 0.6 is 0 Å². The fraction of sp³-hybridized carbons (Fsp3) is 0.300. The van der Waals surface area contributed by atoms with Crippen molar-refractivity contribution in [3.63, 3.8) is 0 Å². The van der Waals surface area contributed by atoms with Crippen LogP contribution in [0.2, 0.25) is 0 Å². The van der Waals surface area contributed by atoms with Crippen molar-refractivity contribution >= 4 is 11.8 Å². The monoisotopic (exact) mass is 356 g/mol. The van der Waals surface area contributed by atoms with E-state index in [1.165, 1.54) is 0 Å². The lowest BCUT2D eigenvalue weighted by molar-refractivity contribution is 0.0318. The largest absolute Gasteiger partial charge is 0.497 e. The third-order valence-corrected chi connectivity index (χ3v) is 4.01. The smallest absolute Gasteiger partial charge is 0.338 e. The lowest BCUT2D eigenvalue weighted by atomic mass is 10.1. The molecule has 0 bridgehead atoms. The molecule has 1 aliphatic rings. The molecule has 0 unspecified atom stereocenters. The molecule has 0 fully saturated rings. The fourth-order valence-corrected chi connectivity index (χ4v) is 2.56.